The van der Waals surface area contributed by atoms with Gasteiger partial charge >= 0.3 is 0 Å². The smallest absolute Gasteiger partial charge is 0.282 e. The fourth-order valence-corrected chi connectivity index (χ4v) is 1.76. The Morgan fingerprint density at radius 2 is 1.94 bits per heavy atom. The van der Waals surface area contributed by atoms with Gasteiger partial charge in [0.1, 0.15) is 5.76 Å². The molecule has 2 aromatic rings. The zero-order valence-electron chi connectivity index (χ0n) is 8.18. The zero-order chi connectivity index (χ0) is 11.1. The van der Waals surface area contributed by atoms with Gasteiger partial charge in [-0.2, -0.15) is 0 Å². The van der Waals surface area contributed by atoms with E-state index in [1.54, 1.807) is 18.2 Å². The van der Waals surface area contributed by atoms with Gasteiger partial charge in [-0.15, -0.1) is 0 Å². The molecule has 0 spiro atoms. The minimum absolute atomic E-state index is 0.209. The second-order valence-corrected chi connectivity index (χ2v) is 3.45. The summed E-state index contributed by atoms with van der Waals surface area (Å²) in [5, 5.41) is 10.5. The largest absolute Gasteiger partial charge is 0.481 e. The van der Waals surface area contributed by atoms with Crippen molar-refractivity contribution in [3.63, 3.8) is 0 Å². The van der Waals surface area contributed by atoms with Gasteiger partial charge in [0.15, 0.2) is 0 Å². The number of rotatable bonds is 1. The molecule has 1 aromatic carbocycles. The number of fused-ring (bicyclic) bond motifs is 1. The van der Waals surface area contributed by atoms with Crippen molar-refractivity contribution in [2.45, 2.75) is 0 Å². The van der Waals surface area contributed by atoms with E-state index in [2.05, 4.69) is 4.99 Å². The summed E-state index contributed by atoms with van der Waals surface area (Å²) in [6.07, 6.45) is 0. The molecule has 1 aliphatic rings. The van der Waals surface area contributed by atoms with Crippen LogP contribution in [0.15, 0.2) is 45.8 Å². The van der Waals surface area contributed by atoms with Gasteiger partial charge < -0.3 is 9.52 Å². The molecule has 1 aliphatic heterocycles. The highest BCUT2D eigenvalue weighted by atomic mass is 16.5. The van der Waals surface area contributed by atoms with Crippen LogP contribution in [0, 0.1) is 0 Å². The summed E-state index contributed by atoms with van der Waals surface area (Å²) in [4.78, 5) is 15.6. The number of furan rings is 1. The average molecular weight is 213 g/mol. The number of para-hydroxylation sites is 1. The molecule has 0 aliphatic carbocycles. The first-order valence-corrected chi connectivity index (χ1v) is 4.77. The quantitative estimate of drug-likeness (QED) is 0.743. The van der Waals surface area contributed by atoms with Gasteiger partial charge in [-0.25, -0.2) is 4.99 Å². The predicted octanol–water partition coefficient (Wildman–Crippen LogP) is 0.344. The highest BCUT2D eigenvalue weighted by molar-refractivity contribution is 6.20. The first-order chi connectivity index (χ1) is 7.75. The Hall–Kier alpha value is -2.36. The fourth-order valence-electron chi connectivity index (χ4n) is 1.76. The molecule has 0 unspecified atom stereocenters. The lowest BCUT2D eigenvalue weighted by Gasteiger charge is -1.93. The van der Waals surface area contributed by atoms with E-state index in [4.69, 9.17) is 9.52 Å². The second-order valence-electron chi connectivity index (χ2n) is 3.45. The third-order valence-electron chi connectivity index (χ3n) is 2.45. The van der Waals surface area contributed by atoms with Crippen LogP contribution in [0.5, 0.6) is 5.95 Å². The van der Waals surface area contributed by atoms with Crippen molar-refractivity contribution in [3.8, 4) is 5.95 Å². The van der Waals surface area contributed by atoms with Crippen LogP contribution in [0.25, 0.3) is 5.57 Å². The number of hydrogen-bond donors (Lipinski definition) is 1. The van der Waals surface area contributed by atoms with E-state index < -0.39 is 0 Å². The topological polar surface area (TPSA) is 62.8 Å². The SMILES string of the molecule is O=C1N=c2ccccc2=C1c1ccc(O)o1. The zero-order valence-corrected chi connectivity index (χ0v) is 8.18. The minimum atomic E-state index is -0.337. The summed E-state index contributed by atoms with van der Waals surface area (Å²) in [5.41, 5.74) is 0.399. The number of carbonyl (C=O) groups excluding carboxylic acids is 1. The lowest BCUT2D eigenvalue weighted by Crippen LogP contribution is -2.22. The average Bonchev–Trinajstić information content (AvgIpc) is 2.80. The van der Waals surface area contributed by atoms with Crippen molar-refractivity contribution in [1.29, 1.82) is 0 Å². The Balaban J connectivity index is 2.38. The summed E-state index contributed by atoms with van der Waals surface area (Å²) in [6, 6.07) is 10.2. The van der Waals surface area contributed by atoms with Crippen LogP contribution in [0.2, 0.25) is 0 Å². The Kier molecular flexibility index (Phi) is 1.71. The number of amides is 1. The van der Waals surface area contributed by atoms with Crippen molar-refractivity contribution >= 4 is 11.5 Å². The maximum atomic E-state index is 11.7. The van der Waals surface area contributed by atoms with Crippen LogP contribution in [-0.2, 0) is 4.79 Å². The monoisotopic (exact) mass is 213 g/mol. The highest BCUT2D eigenvalue weighted by Gasteiger charge is 2.20. The predicted molar refractivity (Wildman–Crippen MR) is 55.1 cm³/mol. The van der Waals surface area contributed by atoms with Crippen molar-refractivity contribution in [2.75, 3.05) is 0 Å². The normalized spacial score (nSPS) is 13.8. The lowest BCUT2D eigenvalue weighted by atomic mass is 10.1. The summed E-state index contributed by atoms with van der Waals surface area (Å²) in [6.45, 7) is 0. The van der Waals surface area contributed by atoms with Gasteiger partial charge in [0.25, 0.3) is 11.9 Å². The van der Waals surface area contributed by atoms with Crippen molar-refractivity contribution < 1.29 is 14.3 Å². The summed E-state index contributed by atoms with van der Waals surface area (Å²) >= 11 is 0. The molecule has 0 atom stereocenters. The van der Waals surface area contributed by atoms with Crippen LogP contribution in [0.3, 0.4) is 0 Å². The Labute approximate surface area is 90.2 Å². The molecule has 1 aromatic heterocycles. The highest BCUT2D eigenvalue weighted by Crippen LogP contribution is 2.21. The maximum Gasteiger partial charge on any atom is 0.282 e. The van der Waals surface area contributed by atoms with Gasteiger partial charge in [-0.3, -0.25) is 4.79 Å². The molecular formula is C12H7NO3. The molecule has 16 heavy (non-hydrogen) atoms. The van der Waals surface area contributed by atoms with E-state index in [9.17, 15) is 4.79 Å². The minimum Gasteiger partial charge on any atom is -0.481 e. The maximum absolute atomic E-state index is 11.7. The molecule has 4 nitrogen and oxygen atoms in total. The second kappa shape index (κ2) is 3.06. The first kappa shape index (κ1) is 8.91. The van der Waals surface area contributed by atoms with Crippen molar-refractivity contribution in [2.24, 2.45) is 4.99 Å². The van der Waals surface area contributed by atoms with Gasteiger partial charge in [0, 0.05) is 11.3 Å². The van der Waals surface area contributed by atoms with E-state index in [1.807, 2.05) is 12.1 Å². The van der Waals surface area contributed by atoms with E-state index in [0.717, 1.165) is 5.22 Å². The first-order valence-electron chi connectivity index (χ1n) is 4.77. The molecule has 0 fully saturated rings. The lowest BCUT2D eigenvalue weighted by molar-refractivity contribution is -0.112. The van der Waals surface area contributed by atoms with Crippen LogP contribution in [0.1, 0.15) is 5.76 Å². The number of nitrogens with zero attached hydrogens (tertiary/aromatic N) is 1. The van der Waals surface area contributed by atoms with Crippen LogP contribution in [0.4, 0.5) is 0 Å². The number of hydrogen-bond acceptors (Lipinski definition) is 3. The van der Waals surface area contributed by atoms with Crippen LogP contribution in [-0.4, -0.2) is 11.0 Å². The summed E-state index contributed by atoms with van der Waals surface area (Å²) in [7, 11) is 0. The van der Waals surface area contributed by atoms with Gasteiger partial charge in [0.2, 0.25) is 0 Å². The molecule has 0 bridgehead atoms. The number of aromatic hydroxyl groups is 1. The Morgan fingerprint density at radius 1 is 1.12 bits per heavy atom. The van der Waals surface area contributed by atoms with E-state index >= 15 is 0 Å². The van der Waals surface area contributed by atoms with Crippen LogP contribution >= 0.6 is 0 Å². The molecule has 4 heteroatoms. The third-order valence-corrected chi connectivity index (χ3v) is 2.45. The molecule has 78 valence electrons. The van der Waals surface area contributed by atoms with E-state index in [0.29, 0.717) is 16.7 Å². The molecule has 1 amide bonds. The van der Waals surface area contributed by atoms with Gasteiger partial charge in [-0.1, -0.05) is 18.2 Å². The Bertz CT molecular complexity index is 697. The number of carbonyl (C=O) groups is 1. The van der Waals surface area contributed by atoms with Crippen molar-refractivity contribution in [1.82, 2.24) is 0 Å². The standard InChI is InChI=1S/C12H7NO3/c14-10-6-5-9(16-10)11-7-3-1-2-4-8(7)13-12(11)15/h1-6,14H. The molecule has 0 saturated carbocycles. The molecule has 3 rings (SSSR count). The number of benzene rings is 1. The third kappa shape index (κ3) is 1.16. The molecule has 0 radical (unpaired) electrons. The molecule has 0 saturated heterocycles. The molecular weight excluding hydrogens is 206 g/mol. The Morgan fingerprint density at radius 3 is 2.69 bits per heavy atom. The van der Waals surface area contributed by atoms with Crippen LogP contribution < -0.4 is 10.6 Å². The van der Waals surface area contributed by atoms with E-state index in [-0.39, 0.29) is 11.9 Å². The van der Waals surface area contributed by atoms with Gasteiger partial charge in [-0.05, 0) is 12.1 Å². The van der Waals surface area contributed by atoms with E-state index in [1.165, 1.54) is 6.07 Å². The fraction of sp³-hybridized carbons (Fsp3) is 0. The summed E-state index contributed by atoms with van der Waals surface area (Å²) < 4.78 is 5.03. The van der Waals surface area contributed by atoms with Crippen molar-refractivity contribution in [3.05, 3.63) is 52.7 Å². The molecule has 2 heterocycles. The summed E-state index contributed by atoms with van der Waals surface area (Å²) in [5.74, 6) is -0.202. The van der Waals surface area contributed by atoms with Gasteiger partial charge in [0.05, 0.1) is 10.9 Å². The molecule has 1 N–H and O–H groups in total.